The van der Waals surface area contributed by atoms with Gasteiger partial charge in [0.25, 0.3) is 5.69 Å². The van der Waals surface area contributed by atoms with Gasteiger partial charge in [0.05, 0.1) is 10.5 Å². The van der Waals surface area contributed by atoms with Crippen molar-refractivity contribution < 1.29 is 14.1 Å². The fraction of sp³-hybridized carbons (Fsp3) is 0.200. The smallest absolute Gasteiger partial charge is 0.276 e. The molecule has 4 nitrogen and oxygen atoms in total. The molecule has 0 saturated carbocycles. The van der Waals surface area contributed by atoms with Gasteiger partial charge in [-0.05, 0) is 49.2 Å². The van der Waals surface area contributed by atoms with Crippen LogP contribution in [0.5, 0.6) is 5.75 Å². The molecule has 0 fully saturated rings. The van der Waals surface area contributed by atoms with E-state index in [9.17, 15) is 14.5 Å². The molecular formula is C15H14FNO3. The summed E-state index contributed by atoms with van der Waals surface area (Å²) in [5, 5.41) is 10.9. The molecule has 0 radical (unpaired) electrons. The zero-order chi connectivity index (χ0) is 14.7. The summed E-state index contributed by atoms with van der Waals surface area (Å²) in [6.07, 6.45) is 0. The molecular weight excluding hydrogens is 261 g/mol. The van der Waals surface area contributed by atoms with E-state index in [0.717, 1.165) is 29.3 Å². The van der Waals surface area contributed by atoms with Gasteiger partial charge in [-0.25, -0.2) is 4.39 Å². The molecule has 0 saturated heterocycles. The molecule has 0 aliphatic carbocycles. The second-order valence-corrected chi connectivity index (χ2v) is 4.64. The summed E-state index contributed by atoms with van der Waals surface area (Å²) >= 11 is 0. The number of aryl methyl sites for hydroxylation is 2. The van der Waals surface area contributed by atoms with Crippen molar-refractivity contribution in [2.75, 3.05) is 0 Å². The molecule has 2 aromatic carbocycles. The standard InChI is InChI=1S/C15H14FNO3/c1-10-5-11(2)7-14(6-10)20-9-12-8-13(16)3-4-15(12)17(18)19/h3-8H,9H2,1-2H3. The molecule has 5 heteroatoms. The van der Waals surface area contributed by atoms with E-state index in [4.69, 9.17) is 4.74 Å². The zero-order valence-electron chi connectivity index (χ0n) is 11.2. The van der Waals surface area contributed by atoms with E-state index >= 15 is 0 Å². The quantitative estimate of drug-likeness (QED) is 0.627. The topological polar surface area (TPSA) is 52.4 Å². The Morgan fingerprint density at radius 3 is 2.40 bits per heavy atom. The summed E-state index contributed by atoms with van der Waals surface area (Å²) in [5.41, 5.74) is 2.15. The lowest BCUT2D eigenvalue weighted by atomic mass is 10.1. The van der Waals surface area contributed by atoms with E-state index in [0.29, 0.717) is 5.75 Å². The van der Waals surface area contributed by atoms with Crippen LogP contribution in [0.4, 0.5) is 10.1 Å². The number of hydrogen-bond acceptors (Lipinski definition) is 3. The third-order valence-electron chi connectivity index (χ3n) is 2.83. The van der Waals surface area contributed by atoms with Crippen LogP contribution in [0.3, 0.4) is 0 Å². The Kier molecular flexibility index (Phi) is 3.98. The minimum absolute atomic E-state index is 0.0447. The van der Waals surface area contributed by atoms with Crippen molar-refractivity contribution in [1.29, 1.82) is 0 Å². The third-order valence-corrected chi connectivity index (χ3v) is 2.83. The van der Waals surface area contributed by atoms with E-state index in [1.54, 1.807) is 0 Å². The van der Waals surface area contributed by atoms with Crippen molar-refractivity contribution in [3.05, 3.63) is 69.0 Å². The Hall–Kier alpha value is -2.43. The van der Waals surface area contributed by atoms with Crippen LogP contribution in [0, 0.1) is 29.8 Å². The predicted molar refractivity (Wildman–Crippen MR) is 73.3 cm³/mol. The first-order valence-corrected chi connectivity index (χ1v) is 6.09. The van der Waals surface area contributed by atoms with Crippen LogP contribution in [-0.4, -0.2) is 4.92 Å². The van der Waals surface area contributed by atoms with Gasteiger partial charge < -0.3 is 4.74 Å². The number of rotatable bonds is 4. The van der Waals surface area contributed by atoms with Gasteiger partial charge in [-0.3, -0.25) is 10.1 Å². The van der Waals surface area contributed by atoms with Crippen LogP contribution < -0.4 is 4.74 Å². The maximum atomic E-state index is 13.2. The molecule has 0 aromatic heterocycles. The first-order chi connectivity index (χ1) is 9.45. The Bertz CT molecular complexity index is 635. The number of ether oxygens (including phenoxy) is 1. The largest absolute Gasteiger partial charge is 0.489 e. The maximum Gasteiger partial charge on any atom is 0.276 e. The Labute approximate surface area is 116 Å². The molecule has 0 atom stereocenters. The Balaban J connectivity index is 2.22. The summed E-state index contributed by atoms with van der Waals surface area (Å²) < 4.78 is 18.7. The van der Waals surface area contributed by atoms with Gasteiger partial charge in [0.1, 0.15) is 18.2 Å². The lowest BCUT2D eigenvalue weighted by Crippen LogP contribution is -2.01. The van der Waals surface area contributed by atoms with Gasteiger partial charge >= 0.3 is 0 Å². The molecule has 0 N–H and O–H groups in total. The highest BCUT2D eigenvalue weighted by Crippen LogP contribution is 2.23. The van der Waals surface area contributed by atoms with Crippen LogP contribution in [0.2, 0.25) is 0 Å². The van der Waals surface area contributed by atoms with E-state index in [-0.39, 0.29) is 17.9 Å². The number of benzene rings is 2. The number of nitro groups is 1. The number of hydrogen-bond donors (Lipinski definition) is 0. The van der Waals surface area contributed by atoms with E-state index < -0.39 is 10.7 Å². The van der Waals surface area contributed by atoms with Gasteiger partial charge in [0.2, 0.25) is 0 Å². The number of halogens is 1. The summed E-state index contributed by atoms with van der Waals surface area (Å²) in [4.78, 5) is 10.3. The average Bonchev–Trinajstić information content (AvgIpc) is 2.35. The highest BCUT2D eigenvalue weighted by Gasteiger charge is 2.15. The normalized spacial score (nSPS) is 10.3. The van der Waals surface area contributed by atoms with Gasteiger partial charge in [0.15, 0.2) is 0 Å². The summed E-state index contributed by atoms with van der Waals surface area (Å²) in [5.74, 6) is 0.0932. The average molecular weight is 275 g/mol. The summed E-state index contributed by atoms with van der Waals surface area (Å²) in [6, 6.07) is 9.00. The molecule has 0 unspecified atom stereocenters. The fourth-order valence-electron chi connectivity index (χ4n) is 2.03. The molecule has 2 aromatic rings. The van der Waals surface area contributed by atoms with Gasteiger partial charge in [0, 0.05) is 6.07 Å². The van der Waals surface area contributed by atoms with Gasteiger partial charge in [-0.2, -0.15) is 0 Å². The molecule has 104 valence electrons. The zero-order valence-corrected chi connectivity index (χ0v) is 11.2. The molecule has 0 amide bonds. The van der Waals surface area contributed by atoms with Gasteiger partial charge in [-0.1, -0.05) is 6.07 Å². The molecule has 2 rings (SSSR count). The predicted octanol–water partition coefficient (Wildman–Crippen LogP) is 3.93. The number of nitrogens with zero attached hydrogens (tertiary/aromatic N) is 1. The van der Waals surface area contributed by atoms with Crippen molar-refractivity contribution in [3.8, 4) is 5.75 Å². The van der Waals surface area contributed by atoms with Crippen LogP contribution >= 0.6 is 0 Å². The van der Waals surface area contributed by atoms with E-state index in [2.05, 4.69) is 0 Å². The first kappa shape index (κ1) is 14.0. The molecule has 20 heavy (non-hydrogen) atoms. The van der Waals surface area contributed by atoms with Crippen LogP contribution in [0.25, 0.3) is 0 Å². The SMILES string of the molecule is Cc1cc(C)cc(OCc2cc(F)ccc2[N+](=O)[O-])c1. The lowest BCUT2D eigenvalue weighted by Gasteiger charge is -2.09. The monoisotopic (exact) mass is 275 g/mol. The van der Waals surface area contributed by atoms with Crippen LogP contribution in [0.1, 0.15) is 16.7 Å². The van der Waals surface area contributed by atoms with Crippen molar-refractivity contribution in [2.45, 2.75) is 20.5 Å². The Morgan fingerprint density at radius 2 is 1.80 bits per heavy atom. The highest BCUT2D eigenvalue weighted by molar-refractivity contribution is 5.40. The van der Waals surface area contributed by atoms with Crippen LogP contribution in [-0.2, 0) is 6.61 Å². The Morgan fingerprint density at radius 1 is 1.15 bits per heavy atom. The van der Waals surface area contributed by atoms with Crippen LogP contribution in [0.15, 0.2) is 36.4 Å². The third kappa shape index (κ3) is 3.32. The highest BCUT2D eigenvalue weighted by atomic mass is 19.1. The second-order valence-electron chi connectivity index (χ2n) is 4.64. The molecule has 0 aliphatic heterocycles. The summed E-state index contributed by atoms with van der Waals surface area (Å²) in [6.45, 7) is 3.83. The number of nitro benzene ring substituents is 1. The first-order valence-electron chi connectivity index (χ1n) is 6.09. The molecule has 0 bridgehead atoms. The second kappa shape index (κ2) is 5.69. The lowest BCUT2D eigenvalue weighted by molar-refractivity contribution is -0.385. The minimum Gasteiger partial charge on any atom is -0.489 e. The van der Waals surface area contributed by atoms with Crippen molar-refractivity contribution in [3.63, 3.8) is 0 Å². The fourth-order valence-corrected chi connectivity index (χ4v) is 2.03. The maximum absolute atomic E-state index is 13.2. The molecule has 0 spiro atoms. The van der Waals surface area contributed by atoms with Gasteiger partial charge in [-0.15, -0.1) is 0 Å². The molecule has 0 heterocycles. The van der Waals surface area contributed by atoms with E-state index in [1.165, 1.54) is 0 Å². The van der Waals surface area contributed by atoms with E-state index in [1.807, 2.05) is 32.0 Å². The minimum atomic E-state index is -0.542. The van der Waals surface area contributed by atoms with Crippen molar-refractivity contribution in [1.82, 2.24) is 0 Å². The molecule has 0 aliphatic rings. The van der Waals surface area contributed by atoms with Crippen molar-refractivity contribution >= 4 is 5.69 Å². The summed E-state index contributed by atoms with van der Waals surface area (Å²) in [7, 11) is 0. The van der Waals surface area contributed by atoms with Crippen molar-refractivity contribution in [2.24, 2.45) is 0 Å².